The minimum atomic E-state index is -3.83. The summed E-state index contributed by atoms with van der Waals surface area (Å²) in [6.45, 7) is 5.91. The van der Waals surface area contributed by atoms with Crippen LogP contribution in [0.4, 0.5) is 0 Å². The number of hydrogen-bond acceptors (Lipinski definition) is 5. The lowest BCUT2D eigenvalue weighted by molar-refractivity contribution is 0.0872. The number of nitrogens with zero attached hydrogens (tertiary/aromatic N) is 3. The van der Waals surface area contributed by atoms with E-state index in [0.29, 0.717) is 30.6 Å². The third kappa shape index (κ3) is 3.93. The second-order valence-corrected chi connectivity index (χ2v) is 9.77. The zero-order valence-corrected chi connectivity index (χ0v) is 18.9. The van der Waals surface area contributed by atoms with E-state index in [4.69, 9.17) is 16.3 Å². The molecule has 29 heavy (non-hydrogen) atoms. The number of rotatable bonds is 5. The average molecular weight is 440 g/mol. The van der Waals surface area contributed by atoms with Crippen molar-refractivity contribution in [2.75, 3.05) is 20.2 Å². The summed E-state index contributed by atoms with van der Waals surface area (Å²) in [7, 11) is -0.626. The number of ketones is 1. The van der Waals surface area contributed by atoms with Crippen molar-refractivity contribution in [3.63, 3.8) is 0 Å². The van der Waals surface area contributed by atoms with Crippen LogP contribution in [0.15, 0.2) is 17.0 Å². The third-order valence-electron chi connectivity index (χ3n) is 5.40. The average Bonchev–Trinajstić information content (AvgIpc) is 2.93. The first-order valence-electron chi connectivity index (χ1n) is 9.46. The van der Waals surface area contributed by atoms with Crippen LogP contribution in [0.5, 0.6) is 5.75 Å². The number of aromatic nitrogens is 2. The summed E-state index contributed by atoms with van der Waals surface area (Å²) in [6, 6.07) is 3.62. The van der Waals surface area contributed by atoms with Crippen molar-refractivity contribution in [3.05, 3.63) is 39.7 Å². The molecule has 1 saturated heterocycles. The van der Waals surface area contributed by atoms with Crippen LogP contribution in [0.2, 0.25) is 5.15 Å². The number of piperidine rings is 1. The van der Waals surface area contributed by atoms with Crippen LogP contribution < -0.4 is 4.74 Å². The largest absolute Gasteiger partial charge is 0.496 e. The van der Waals surface area contributed by atoms with Gasteiger partial charge in [-0.3, -0.25) is 9.48 Å². The number of Topliss-reactive ketones (excluding diaryl/α,β-unsaturated/α-hetero) is 1. The quantitative estimate of drug-likeness (QED) is 0.667. The van der Waals surface area contributed by atoms with Gasteiger partial charge >= 0.3 is 0 Å². The smallest absolute Gasteiger partial charge is 0.248 e. The molecule has 0 radical (unpaired) electrons. The Hall–Kier alpha value is -1.90. The summed E-state index contributed by atoms with van der Waals surface area (Å²) >= 11 is 6.19. The Morgan fingerprint density at radius 1 is 1.24 bits per heavy atom. The third-order valence-corrected chi connectivity index (χ3v) is 7.96. The van der Waals surface area contributed by atoms with Crippen LogP contribution >= 0.6 is 11.6 Å². The molecule has 9 heteroatoms. The van der Waals surface area contributed by atoms with E-state index >= 15 is 0 Å². The molecule has 0 amide bonds. The monoisotopic (exact) mass is 439 g/mol. The van der Waals surface area contributed by atoms with Gasteiger partial charge in [0.2, 0.25) is 10.0 Å². The lowest BCUT2D eigenvalue weighted by Crippen LogP contribution is -2.42. The molecule has 2 heterocycles. The number of ether oxygens (including phenoxy) is 1. The molecule has 1 aliphatic rings. The molecule has 0 aliphatic carbocycles. The van der Waals surface area contributed by atoms with Crippen molar-refractivity contribution in [2.45, 2.75) is 38.5 Å². The van der Waals surface area contributed by atoms with Crippen molar-refractivity contribution in [1.29, 1.82) is 0 Å². The van der Waals surface area contributed by atoms with E-state index in [-0.39, 0.29) is 22.4 Å². The number of carbonyl (C=O) groups excluding carboxylic acids is 1. The first kappa shape index (κ1) is 21.8. The molecule has 1 aromatic carbocycles. The van der Waals surface area contributed by atoms with E-state index in [1.54, 1.807) is 21.1 Å². The van der Waals surface area contributed by atoms with E-state index in [0.717, 1.165) is 16.9 Å². The molecule has 2 aromatic rings. The number of benzene rings is 1. The highest BCUT2D eigenvalue weighted by atomic mass is 35.5. The second kappa shape index (κ2) is 8.08. The summed E-state index contributed by atoms with van der Waals surface area (Å²) in [4.78, 5) is 13.2. The van der Waals surface area contributed by atoms with Crippen LogP contribution in [0.3, 0.4) is 0 Å². The SMILES string of the molecule is COc1c(C)cc(C(=O)[C@@H]2CCCN(S(=O)(=O)c3c(C)nn(C)c3Cl)C2)cc1C. The molecular weight excluding hydrogens is 414 g/mol. The van der Waals surface area contributed by atoms with E-state index in [1.807, 2.05) is 26.0 Å². The molecule has 1 fully saturated rings. The van der Waals surface area contributed by atoms with Crippen LogP contribution in [0.25, 0.3) is 0 Å². The van der Waals surface area contributed by atoms with Crippen molar-refractivity contribution in [2.24, 2.45) is 13.0 Å². The molecule has 1 aromatic heterocycles. The normalized spacial score (nSPS) is 18.1. The predicted molar refractivity (Wildman–Crippen MR) is 111 cm³/mol. The number of methoxy groups -OCH3 is 1. The summed E-state index contributed by atoms with van der Waals surface area (Å²) in [5.41, 5.74) is 2.70. The zero-order chi connectivity index (χ0) is 21.5. The molecule has 158 valence electrons. The Bertz CT molecular complexity index is 1040. The maximum atomic E-state index is 13.2. The van der Waals surface area contributed by atoms with Crippen molar-refractivity contribution >= 4 is 27.4 Å². The van der Waals surface area contributed by atoms with Gasteiger partial charge in [-0.05, 0) is 56.9 Å². The van der Waals surface area contributed by atoms with Gasteiger partial charge in [0, 0.05) is 31.6 Å². The minimum Gasteiger partial charge on any atom is -0.496 e. The summed E-state index contributed by atoms with van der Waals surface area (Å²) in [5.74, 6) is 0.310. The fraction of sp³-hybridized carbons (Fsp3) is 0.500. The molecule has 0 saturated carbocycles. The van der Waals surface area contributed by atoms with Crippen molar-refractivity contribution < 1.29 is 17.9 Å². The van der Waals surface area contributed by atoms with Crippen molar-refractivity contribution in [1.82, 2.24) is 14.1 Å². The van der Waals surface area contributed by atoms with Crippen LogP contribution in [0, 0.1) is 26.7 Å². The number of sulfonamides is 1. The highest BCUT2D eigenvalue weighted by molar-refractivity contribution is 7.89. The molecular formula is C20H26ClN3O4S. The highest BCUT2D eigenvalue weighted by Gasteiger charge is 2.37. The fourth-order valence-corrected chi connectivity index (χ4v) is 6.29. The van der Waals surface area contributed by atoms with Gasteiger partial charge in [0.15, 0.2) is 5.78 Å². The van der Waals surface area contributed by atoms with Gasteiger partial charge in [-0.25, -0.2) is 8.42 Å². The molecule has 0 spiro atoms. The molecule has 7 nitrogen and oxygen atoms in total. The Balaban J connectivity index is 1.88. The van der Waals surface area contributed by atoms with E-state index in [1.165, 1.54) is 8.99 Å². The van der Waals surface area contributed by atoms with Gasteiger partial charge in [-0.2, -0.15) is 9.40 Å². The van der Waals surface area contributed by atoms with Gasteiger partial charge in [-0.15, -0.1) is 0 Å². The minimum absolute atomic E-state index is 0.0194. The first-order valence-corrected chi connectivity index (χ1v) is 11.3. The highest BCUT2D eigenvalue weighted by Crippen LogP contribution is 2.32. The standard InChI is InChI=1S/C20H26ClN3O4S/c1-12-9-16(10-13(2)18(12)28-5)17(25)15-7-6-8-24(11-15)29(26,27)19-14(3)22-23(4)20(19)21/h9-10,15H,6-8,11H2,1-5H3/t15-/m1/s1. The molecule has 3 rings (SSSR count). The van der Waals surface area contributed by atoms with Crippen LogP contribution in [0.1, 0.15) is 40.0 Å². The van der Waals surface area contributed by atoms with Crippen LogP contribution in [-0.2, 0) is 17.1 Å². The number of hydrogen-bond donors (Lipinski definition) is 0. The number of aryl methyl sites for hydroxylation is 4. The lowest BCUT2D eigenvalue weighted by Gasteiger charge is -2.31. The Labute approximate surface area is 176 Å². The topological polar surface area (TPSA) is 81.5 Å². The molecule has 1 atom stereocenters. The molecule has 0 bridgehead atoms. The van der Waals surface area contributed by atoms with E-state index in [2.05, 4.69) is 5.10 Å². The summed E-state index contributed by atoms with van der Waals surface area (Å²) in [5, 5.41) is 4.19. The fourth-order valence-electron chi connectivity index (χ4n) is 4.06. The summed E-state index contributed by atoms with van der Waals surface area (Å²) in [6.07, 6.45) is 1.26. The predicted octanol–water partition coefficient (Wildman–Crippen LogP) is 3.29. The maximum absolute atomic E-state index is 13.2. The Morgan fingerprint density at radius 2 is 1.86 bits per heavy atom. The van der Waals surface area contributed by atoms with Gasteiger partial charge in [0.25, 0.3) is 0 Å². The van der Waals surface area contributed by atoms with E-state index in [9.17, 15) is 13.2 Å². The Kier molecular flexibility index (Phi) is 6.08. The molecule has 0 unspecified atom stereocenters. The van der Waals surface area contributed by atoms with Gasteiger partial charge in [0.05, 0.1) is 12.8 Å². The first-order chi connectivity index (χ1) is 13.6. The Morgan fingerprint density at radius 3 is 2.38 bits per heavy atom. The van der Waals surface area contributed by atoms with Crippen LogP contribution in [-0.4, -0.2) is 48.5 Å². The lowest BCUT2D eigenvalue weighted by atomic mass is 9.89. The zero-order valence-electron chi connectivity index (χ0n) is 17.3. The second-order valence-electron chi connectivity index (χ2n) is 7.54. The summed E-state index contributed by atoms with van der Waals surface area (Å²) < 4.78 is 34.5. The van der Waals surface area contributed by atoms with Gasteiger partial charge < -0.3 is 4.74 Å². The van der Waals surface area contributed by atoms with Gasteiger partial charge in [0.1, 0.15) is 15.8 Å². The number of halogens is 1. The number of carbonyl (C=O) groups is 1. The molecule has 0 N–H and O–H groups in total. The van der Waals surface area contributed by atoms with Gasteiger partial charge in [-0.1, -0.05) is 11.6 Å². The van der Waals surface area contributed by atoms with Crippen molar-refractivity contribution in [3.8, 4) is 5.75 Å². The maximum Gasteiger partial charge on any atom is 0.248 e. The van der Waals surface area contributed by atoms with E-state index < -0.39 is 15.9 Å². The molecule has 1 aliphatic heterocycles.